The predicted octanol–water partition coefficient (Wildman–Crippen LogP) is 4.71. The molecule has 1 heterocycles. The van der Waals surface area contributed by atoms with E-state index in [1.54, 1.807) is 0 Å². The Morgan fingerprint density at radius 1 is 1.19 bits per heavy atom. The SMILES string of the molecule is CC(NC(=O)N(Cc1ccccc1)C1CCN(C)CC1)c1cccc(Cl)c1. The van der Waals surface area contributed by atoms with Crippen LogP contribution in [-0.2, 0) is 6.54 Å². The van der Waals surface area contributed by atoms with Crippen molar-refractivity contribution in [1.82, 2.24) is 15.1 Å². The molecule has 2 aromatic carbocycles. The highest BCUT2D eigenvalue weighted by Gasteiger charge is 2.28. The monoisotopic (exact) mass is 385 g/mol. The molecule has 1 atom stereocenters. The molecule has 0 radical (unpaired) electrons. The lowest BCUT2D eigenvalue weighted by Gasteiger charge is -2.38. The highest BCUT2D eigenvalue weighted by atomic mass is 35.5. The molecule has 144 valence electrons. The first-order valence-corrected chi connectivity index (χ1v) is 9.96. The van der Waals surface area contributed by atoms with Crippen LogP contribution in [0.25, 0.3) is 0 Å². The van der Waals surface area contributed by atoms with Crippen molar-refractivity contribution < 1.29 is 4.79 Å². The van der Waals surface area contributed by atoms with E-state index in [9.17, 15) is 4.79 Å². The quantitative estimate of drug-likeness (QED) is 0.809. The number of halogens is 1. The van der Waals surface area contributed by atoms with E-state index < -0.39 is 0 Å². The topological polar surface area (TPSA) is 35.6 Å². The third-order valence-corrected chi connectivity index (χ3v) is 5.51. The Hall–Kier alpha value is -2.04. The summed E-state index contributed by atoms with van der Waals surface area (Å²) in [5, 5.41) is 3.85. The number of piperidine rings is 1. The third kappa shape index (κ3) is 5.47. The number of carbonyl (C=O) groups excluding carboxylic acids is 1. The Kier molecular flexibility index (Phi) is 6.75. The molecule has 2 aromatic rings. The van der Waals surface area contributed by atoms with Gasteiger partial charge in [-0.2, -0.15) is 0 Å². The van der Waals surface area contributed by atoms with E-state index in [-0.39, 0.29) is 18.1 Å². The summed E-state index contributed by atoms with van der Waals surface area (Å²) in [6.07, 6.45) is 2.00. The number of hydrogen-bond acceptors (Lipinski definition) is 2. The Balaban J connectivity index is 1.73. The number of benzene rings is 2. The van der Waals surface area contributed by atoms with E-state index in [0.717, 1.165) is 37.1 Å². The zero-order valence-corrected chi connectivity index (χ0v) is 16.8. The van der Waals surface area contributed by atoms with Gasteiger partial charge in [-0.3, -0.25) is 0 Å². The Morgan fingerprint density at radius 2 is 1.89 bits per heavy atom. The van der Waals surface area contributed by atoms with Gasteiger partial charge in [-0.05, 0) is 63.2 Å². The van der Waals surface area contributed by atoms with Gasteiger partial charge in [0.1, 0.15) is 0 Å². The summed E-state index contributed by atoms with van der Waals surface area (Å²) in [5.74, 6) is 0. The number of urea groups is 1. The minimum Gasteiger partial charge on any atom is -0.331 e. The molecule has 3 rings (SSSR count). The summed E-state index contributed by atoms with van der Waals surface area (Å²) >= 11 is 6.10. The van der Waals surface area contributed by atoms with Crippen molar-refractivity contribution >= 4 is 17.6 Å². The average Bonchev–Trinajstić information content (AvgIpc) is 2.67. The highest BCUT2D eigenvalue weighted by Crippen LogP contribution is 2.21. The largest absolute Gasteiger partial charge is 0.331 e. The first kappa shape index (κ1) is 19.7. The van der Waals surface area contributed by atoms with Crippen LogP contribution in [0.4, 0.5) is 4.79 Å². The number of nitrogens with one attached hydrogen (secondary N) is 1. The molecule has 27 heavy (non-hydrogen) atoms. The number of nitrogens with zero attached hydrogens (tertiary/aromatic N) is 2. The second kappa shape index (κ2) is 9.25. The fourth-order valence-corrected chi connectivity index (χ4v) is 3.78. The highest BCUT2D eigenvalue weighted by molar-refractivity contribution is 6.30. The zero-order valence-electron chi connectivity index (χ0n) is 16.1. The molecule has 1 saturated heterocycles. The summed E-state index contributed by atoms with van der Waals surface area (Å²) < 4.78 is 0. The van der Waals surface area contributed by atoms with Crippen molar-refractivity contribution in [2.75, 3.05) is 20.1 Å². The van der Waals surface area contributed by atoms with Crippen LogP contribution < -0.4 is 5.32 Å². The standard InChI is InChI=1S/C22H28ClN3O/c1-17(19-9-6-10-20(23)15-19)24-22(27)26(16-18-7-4-3-5-8-18)21-11-13-25(2)14-12-21/h3-10,15,17,21H,11-14,16H2,1-2H3,(H,24,27). The first-order valence-electron chi connectivity index (χ1n) is 9.58. The summed E-state index contributed by atoms with van der Waals surface area (Å²) in [7, 11) is 2.14. The molecular formula is C22H28ClN3O. The van der Waals surface area contributed by atoms with E-state index in [2.05, 4.69) is 29.4 Å². The fraction of sp³-hybridized carbons (Fsp3) is 0.409. The molecule has 2 amide bonds. The molecule has 1 aliphatic heterocycles. The Labute approximate surface area is 167 Å². The Morgan fingerprint density at radius 3 is 2.56 bits per heavy atom. The van der Waals surface area contributed by atoms with E-state index in [0.29, 0.717) is 11.6 Å². The minimum atomic E-state index is -0.0965. The number of hydrogen-bond donors (Lipinski definition) is 1. The summed E-state index contributed by atoms with van der Waals surface area (Å²) in [6, 6.07) is 18.0. The lowest BCUT2D eigenvalue weighted by Crippen LogP contribution is -2.50. The van der Waals surface area contributed by atoms with E-state index >= 15 is 0 Å². The third-order valence-electron chi connectivity index (χ3n) is 5.27. The number of amides is 2. The van der Waals surface area contributed by atoms with Gasteiger partial charge < -0.3 is 15.1 Å². The maximum absolute atomic E-state index is 13.2. The zero-order chi connectivity index (χ0) is 19.2. The number of carbonyl (C=O) groups is 1. The molecule has 4 nitrogen and oxygen atoms in total. The lowest BCUT2D eigenvalue weighted by atomic mass is 10.0. The predicted molar refractivity (Wildman–Crippen MR) is 111 cm³/mol. The number of rotatable bonds is 5. The summed E-state index contributed by atoms with van der Waals surface area (Å²) in [5.41, 5.74) is 2.17. The molecule has 0 aromatic heterocycles. The van der Waals surface area contributed by atoms with Crippen LogP contribution in [0.5, 0.6) is 0 Å². The van der Waals surface area contributed by atoms with Gasteiger partial charge >= 0.3 is 6.03 Å². The van der Waals surface area contributed by atoms with Crippen LogP contribution >= 0.6 is 11.6 Å². The maximum atomic E-state index is 13.2. The maximum Gasteiger partial charge on any atom is 0.318 e. The smallest absolute Gasteiger partial charge is 0.318 e. The molecule has 1 aliphatic rings. The van der Waals surface area contributed by atoms with Gasteiger partial charge in [-0.15, -0.1) is 0 Å². The van der Waals surface area contributed by atoms with Gasteiger partial charge in [0.05, 0.1) is 6.04 Å². The van der Waals surface area contributed by atoms with Crippen LogP contribution in [0, 0.1) is 0 Å². The summed E-state index contributed by atoms with van der Waals surface area (Å²) in [4.78, 5) is 17.5. The molecule has 0 bridgehead atoms. The molecule has 0 saturated carbocycles. The van der Waals surface area contributed by atoms with Crippen molar-refractivity contribution in [2.45, 2.75) is 38.4 Å². The number of likely N-dealkylation sites (tertiary alicyclic amines) is 1. The van der Waals surface area contributed by atoms with Crippen molar-refractivity contribution in [3.8, 4) is 0 Å². The van der Waals surface area contributed by atoms with Crippen LogP contribution in [0.3, 0.4) is 0 Å². The van der Waals surface area contributed by atoms with Crippen LogP contribution in [0.1, 0.15) is 36.9 Å². The summed E-state index contributed by atoms with van der Waals surface area (Å²) in [6.45, 7) is 4.67. The molecule has 0 spiro atoms. The molecular weight excluding hydrogens is 358 g/mol. The second-order valence-electron chi connectivity index (χ2n) is 7.37. The lowest BCUT2D eigenvalue weighted by molar-refractivity contribution is 0.125. The van der Waals surface area contributed by atoms with Gasteiger partial charge in [-0.1, -0.05) is 54.1 Å². The average molecular weight is 386 g/mol. The molecule has 1 unspecified atom stereocenters. The van der Waals surface area contributed by atoms with Crippen molar-refractivity contribution in [3.05, 3.63) is 70.7 Å². The molecule has 1 fully saturated rings. The molecule has 1 N–H and O–H groups in total. The first-order chi connectivity index (χ1) is 13.0. The van der Waals surface area contributed by atoms with E-state index in [4.69, 9.17) is 11.6 Å². The second-order valence-corrected chi connectivity index (χ2v) is 7.81. The minimum absolute atomic E-state index is 0.0131. The van der Waals surface area contributed by atoms with Gasteiger partial charge in [-0.25, -0.2) is 4.79 Å². The normalized spacial score (nSPS) is 16.7. The van der Waals surface area contributed by atoms with Gasteiger partial charge in [0.15, 0.2) is 0 Å². The van der Waals surface area contributed by atoms with Crippen LogP contribution in [0.15, 0.2) is 54.6 Å². The van der Waals surface area contributed by atoms with Crippen molar-refractivity contribution in [3.63, 3.8) is 0 Å². The van der Waals surface area contributed by atoms with Crippen molar-refractivity contribution in [1.29, 1.82) is 0 Å². The molecule has 5 heteroatoms. The van der Waals surface area contributed by atoms with Gasteiger partial charge in [0, 0.05) is 17.6 Å². The molecule has 0 aliphatic carbocycles. The van der Waals surface area contributed by atoms with E-state index in [1.165, 1.54) is 0 Å². The van der Waals surface area contributed by atoms with Crippen molar-refractivity contribution in [2.24, 2.45) is 0 Å². The fourth-order valence-electron chi connectivity index (χ4n) is 3.58. The van der Waals surface area contributed by atoms with Gasteiger partial charge in [0.25, 0.3) is 0 Å². The van der Waals surface area contributed by atoms with Crippen LogP contribution in [-0.4, -0.2) is 42.0 Å². The van der Waals surface area contributed by atoms with E-state index in [1.807, 2.05) is 54.3 Å². The Bertz CT molecular complexity index is 744. The van der Waals surface area contributed by atoms with Crippen LogP contribution in [0.2, 0.25) is 5.02 Å². The van der Waals surface area contributed by atoms with Gasteiger partial charge in [0.2, 0.25) is 0 Å².